The summed E-state index contributed by atoms with van der Waals surface area (Å²) in [4.78, 5) is 11.5. The number of aromatic nitrogens is 1. The lowest BCUT2D eigenvalue weighted by Crippen LogP contribution is -2.10. The van der Waals surface area contributed by atoms with Crippen LogP contribution in [0.5, 0.6) is 0 Å². The molecule has 1 aromatic carbocycles. The average molecular weight is 257 g/mol. The zero-order valence-electron chi connectivity index (χ0n) is 11.7. The van der Waals surface area contributed by atoms with Crippen molar-refractivity contribution in [3.63, 3.8) is 0 Å². The molecule has 0 saturated heterocycles. The highest BCUT2D eigenvalue weighted by Gasteiger charge is 2.19. The molecule has 0 amide bonds. The van der Waals surface area contributed by atoms with Crippen LogP contribution in [0.25, 0.3) is 10.9 Å². The van der Waals surface area contributed by atoms with E-state index in [1.54, 1.807) is 0 Å². The Bertz CT molecular complexity index is 667. The molecule has 2 aromatic rings. The summed E-state index contributed by atoms with van der Waals surface area (Å²) in [6.45, 7) is 5.47. The number of rotatable bonds is 2. The zero-order valence-corrected chi connectivity index (χ0v) is 11.7. The Labute approximate surface area is 113 Å². The smallest absolute Gasteiger partial charge is 0.309 e. The lowest BCUT2D eigenvalue weighted by molar-refractivity contribution is -0.139. The number of carbonyl (C=O) groups excluding carboxylic acids is 1. The van der Waals surface area contributed by atoms with E-state index >= 15 is 0 Å². The monoisotopic (exact) mass is 257 g/mol. The number of carbonyl (C=O) groups is 1. The third kappa shape index (κ3) is 1.84. The molecule has 0 aliphatic carbocycles. The molecule has 0 saturated carbocycles. The largest absolute Gasteiger partial charge is 0.469 e. The molecule has 3 rings (SSSR count). The molecule has 0 radical (unpaired) electrons. The number of nitrogens with zero attached hydrogens (tertiary/aromatic N) is 1. The highest BCUT2D eigenvalue weighted by atomic mass is 16.5. The summed E-state index contributed by atoms with van der Waals surface area (Å²) in [5.41, 5.74) is 6.50. The number of methoxy groups -OCH3 is 1. The van der Waals surface area contributed by atoms with Crippen LogP contribution in [0.15, 0.2) is 12.1 Å². The van der Waals surface area contributed by atoms with Crippen molar-refractivity contribution in [3.8, 4) is 0 Å². The van der Waals surface area contributed by atoms with Gasteiger partial charge < -0.3 is 9.30 Å². The van der Waals surface area contributed by atoms with Gasteiger partial charge in [-0.1, -0.05) is 6.07 Å². The third-order valence-electron chi connectivity index (χ3n) is 4.27. The number of ether oxygens (including phenoxy) is 1. The highest BCUT2D eigenvalue weighted by Crippen LogP contribution is 2.33. The quantitative estimate of drug-likeness (QED) is 0.775. The minimum absolute atomic E-state index is 0.170. The van der Waals surface area contributed by atoms with Crippen molar-refractivity contribution in [2.45, 2.75) is 39.7 Å². The van der Waals surface area contributed by atoms with Crippen molar-refractivity contribution in [1.29, 1.82) is 0 Å². The Balaban J connectivity index is 2.20. The van der Waals surface area contributed by atoms with Crippen LogP contribution in [-0.4, -0.2) is 17.6 Å². The van der Waals surface area contributed by atoms with E-state index in [9.17, 15) is 4.79 Å². The minimum Gasteiger partial charge on any atom is -0.469 e. The molecule has 3 heteroatoms. The second-order valence-corrected chi connectivity index (χ2v) is 5.37. The van der Waals surface area contributed by atoms with Gasteiger partial charge in [-0.3, -0.25) is 4.79 Å². The van der Waals surface area contributed by atoms with Crippen molar-refractivity contribution in [2.75, 3.05) is 7.11 Å². The molecule has 0 fully saturated rings. The van der Waals surface area contributed by atoms with Crippen LogP contribution in [0.2, 0.25) is 0 Å². The number of esters is 1. The van der Waals surface area contributed by atoms with Gasteiger partial charge in [0.25, 0.3) is 0 Å². The number of aryl methyl sites for hydroxylation is 3. The summed E-state index contributed by atoms with van der Waals surface area (Å²) in [6, 6.07) is 4.33. The van der Waals surface area contributed by atoms with Gasteiger partial charge in [0.05, 0.1) is 19.0 Å². The SMILES string of the molecule is COC(=O)Cc1cc2c3c(c1)c(C)c(C)n3CCC2. The van der Waals surface area contributed by atoms with Gasteiger partial charge in [-0.05, 0) is 49.4 Å². The number of benzene rings is 1. The zero-order chi connectivity index (χ0) is 13.6. The summed E-state index contributed by atoms with van der Waals surface area (Å²) in [5, 5.41) is 1.30. The maximum atomic E-state index is 11.5. The van der Waals surface area contributed by atoms with E-state index in [0.29, 0.717) is 6.42 Å². The fourth-order valence-corrected chi connectivity index (χ4v) is 3.17. The van der Waals surface area contributed by atoms with Crippen molar-refractivity contribution in [1.82, 2.24) is 4.57 Å². The van der Waals surface area contributed by atoms with Gasteiger partial charge in [-0.2, -0.15) is 0 Å². The second-order valence-electron chi connectivity index (χ2n) is 5.37. The fraction of sp³-hybridized carbons (Fsp3) is 0.438. The van der Waals surface area contributed by atoms with Crippen LogP contribution in [0.3, 0.4) is 0 Å². The summed E-state index contributed by atoms with van der Waals surface area (Å²) >= 11 is 0. The molecule has 19 heavy (non-hydrogen) atoms. The number of hydrogen-bond acceptors (Lipinski definition) is 2. The van der Waals surface area contributed by atoms with E-state index in [1.165, 1.54) is 41.3 Å². The third-order valence-corrected chi connectivity index (χ3v) is 4.27. The van der Waals surface area contributed by atoms with E-state index < -0.39 is 0 Å². The summed E-state index contributed by atoms with van der Waals surface area (Å²) in [5.74, 6) is -0.170. The van der Waals surface area contributed by atoms with E-state index in [-0.39, 0.29) is 5.97 Å². The first-order chi connectivity index (χ1) is 9.11. The Hall–Kier alpha value is -1.77. The van der Waals surface area contributed by atoms with Crippen molar-refractivity contribution < 1.29 is 9.53 Å². The maximum Gasteiger partial charge on any atom is 0.309 e. The van der Waals surface area contributed by atoms with Crippen LogP contribution in [-0.2, 0) is 28.9 Å². The predicted octanol–water partition coefficient (Wildman–Crippen LogP) is 2.92. The maximum absolute atomic E-state index is 11.5. The molecule has 0 unspecified atom stereocenters. The Morgan fingerprint density at radius 3 is 2.89 bits per heavy atom. The molecule has 0 spiro atoms. The molecule has 2 heterocycles. The summed E-state index contributed by atoms with van der Waals surface area (Å²) < 4.78 is 7.19. The number of hydrogen-bond donors (Lipinski definition) is 0. The lowest BCUT2D eigenvalue weighted by atomic mass is 9.98. The minimum atomic E-state index is -0.170. The van der Waals surface area contributed by atoms with Gasteiger partial charge in [0.2, 0.25) is 0 Å². The molecule has 0 bridgehead atoms. The lowest BCUT2D eigenvalue weighted by Gasteiger charge is -2.18. The van der Waals surface area contributed by atoms with Crippen molar-refractivity contribution >= 4 is 16.9 Å². The van der Waals surface area contributed by atoms with E-state index in [2.05, 4.69) is 30.5 Å². The summed E-state index contributed by atoms with van der Waals surface area (Å²) in [7, 11) is 1.44. The molecular weight excluding hydrogens is 238 g/mol. The second kappa shape index (κ2) is 4.41. The first-order valence-electron chi connectivity index (χ1n) is 6.80. The normalized spacial score (nSPS) is 13.8. The van der Waals surface area contributed by atoms with Gasteiger partial charge in [-0.25, -0.2) is 0 Å². The van der Waals surface area contributed by atoms with E-state index in [1.807, 2.05) is 0 Å². The van der Waals surface area contributed by atoms with Crippen LogP contribution in [0, 0.1) is 13.8 Å². The molecule has 1 aromatic heterocycles. The van der Waals surface area contributed by atoms with E-state index in [4.69, 9.17) is 4.74 Å². The van der Waals surface area contributed by atoms with Gasteiger partial charge >= 0.3 is 5.97 Å². The molecule has 3 nitrogen and oxygen atoms in total. The molecule has 100 valence electrons. The van der Waals surface area contributed by atoms with Gasteiger partial charge in [-0.15, -0.1) is 0 Å². The van der Waals surface area contributed by atoms with Crippen LogP contribution < -0.4 is 0 Å². The fourth-order valence-electron chi connectivity index (χ4n) is 3.17. The van der Waals surface area contributed by atoms with E-state index in [0.717, 1.165) is 18.5 Å². The molecule has 1 aliphatic heterocycles. The molecule has 0 N–H and O–H groups in total. The van der Waals surface area contributed by atoms with Crippen molar-refractivity contribution in [3.05, 3.63) is 34.5 Å². The Kier molecular flexibility index (Phi) is 2.85. The average Bonchev–Trinajstić information content (AvgIpc) is 2.66. The topological polar surface area (TPSA) is 31.2 Å². The Morgan fingerprint density at radius 2 is 2.16 bits per heavy atom. The predicted molar refractivity (Wildman–Crippen MR) is 75.5 cm³/mol. The van der Waals surface area contributed by atoms with Gasteiger partial charge in [0.15, 0.2) is 0 Å². The van der Waals surface area contributed by atoms with Crippen LogP contribution in [0.1, 0.15) is 28.8 Å². The van der Waals surface area contributed by atoms with Crippen LogP contribution in [0.4, 0.5) is 0 Å². The summed E-state index contributed by atoms with van der Waals surface area (Å²) in [6.07, 6.45) is 2.65. The first kappa shape index (κ1) is 12.3. The highest BCUT2D eigenvalue weighted by molar-refractivity contribution is 5.90. The Morgan fingerprint density at radius 1 is 1.37 bits per heavy atom. The molecule has 0 atom stereocenters. The van der Waals surface area contributed by atoms with Gasteiger partial charge in [0, 0.05) is 17.6 Å². The first-order valence-corrected chi connectivity index (χ1v) is 6.80. The molecular formula is C16H19NO2. The van der Waals surface area contributed by atoms with Gasteiger partial charge in [0.1, 0.15) is 0 Å². The van der Waals surface area contributed by atoms with Crippen LogP contribution >= 0.6 is 0 Å². The standard InChI is InChI=1S/C16H19NO2/c1-10-11(2)17-6-4-5-13-7-12(9-15(18)19-3)8-14(10)16(13)17/h7-8H,4-6,9H2,1-3H3. The van der Waals surface area contributed by atoms with Crippen molar-refractivity contribution in [2.24, 2.45) is 0 Å². The molecule has 1 aliphatic rings.